The van der Waals surface area contributed by atoms with E-state index in [2.05, 4.69) is 4.74 Å². The van der Waals surface area contributed by atoms with Crippen LogP contribution < -0.4 is 0 Å². The van der Waals surface area contributed by atoms with E-state index < -0.39 is 37.3 Å². The average Bonchev–Trinajstić information content (AvgIpc) is 2.08. The first-order valence-corrected chi connectivity index (χ1v) is 3.44. The molecule has 1 rings (SSSR count). The van der Waals surface area contributed by atoms with Crippen LogP contribution in [0.25, 0.3) is 0 Å². The van der Waals surface area contributed by atoms with Crippen molar-refractivity contribution < 1.29 is 31.6 Å². The first kappa shape index (κ1) is 8.36. The lowest BCUT2D eigenvalue weighted by Crippen LogP contribution is -2.58. The Balaban J connectivity index is 2.82. The van der Waals surface area contributed by atoms with Gasteiger partial charge in [0.2, 0.25) is 0 Å². The van der Waals surface area contributed by atoms with Crippen LogP contribution in [0.1, 0.15) is 1.37 Å². The lowest BCUT2D eigenvalue weighted by atomic mass is 10.00. The Labute approximate surface area is 70.0 Å². The molecule has 1 unspecified atom stereocenters. The summed E-state index contributed by atoms with van der Waals surface area (Å²) < 4.78 is 11.7. The molecule has 0 spiro atoms. The largest absolute Gasteiger partial charge is 0.394 e. The zero-order chi connectivity index (χ0) is 10.2. The number of rotatable bonds is 1. The Morgan fingerprint density at radius 1 is 1.17 bits per heavy atom. The summed E-state index contributed by atoms with van der Waals surface area (Å²) in [5, 5.41) is 45.0. The van der Waals surface area contributed by atoms with Crippen LogP contribution in [0.3, 0.4) is 0 Å². The molecule has 1 heterocycles. The zero-order valence-corrected chi connectivity index (χ0v) is 6.16. The van der Waals surface area contributed by atoms with Crippen molar-refractivity contribution in [1.82, 2.24) is 0 Å². The minimum atomic E-state index is -2.52. The van der Waals surface area contributed by atoms with Gasteiger partial charge in [-0.1, -0.05) is 0 Å². The van der Waals surface area contributed by atoms with E-state index in [-0.39, 0.29) is 0 Å². The third kappa shape index (κ3) is 1.58. The highest BCUT2D eigenvalue weighted by atomic mass is 16.6. The lowest BCUT2D eigenvalue weighted by Gasteiger charge is -2.37. The molecule has 1 saturated heterocycles. The van der Waals surface area contributed by atoms with E-state index in [1.165, 1.54) is 0 Å². The van der Waals surface area contributed by atoms with Crippen LogP contribution >= 0.6 is 0 Å². The van der Waals surface area contributed by atoms with Gasteiger partial charge in [0, 0.05) is 0 Å². The fourth-order valence-electron chi connectivity index (χ4n) is 0.976. The maximum atomic E-state index is 9.25. The van der Waals surface area contributed by atoms with Gasteiger partial charge in [0.15, 0.2) is 6.29 Å². The van der Waals surface area contributed by atoms with Crippen molar-refractivity contribution in [3.8, 4) is 0 Å². The topological polar surface area (TPSA) is 110 Å². The molecule has 0 aromatic carbocycles. The van der Waals surface area contributed by atoms with Crippen LogP contribution in [0.2, 0.25) is 0 Å². The van der Waals surface area contributed by atoms with E-state index in [9.17, 15) is 5.11 Å². The third-order valence-corrected chi connectivity index (χ3v) is 1.72. The Hall–Kier alpha value is -0.240. The molecular weight excluding hydrogens is 168 g/mol. The van der Waals surface area contributed by atoms with E-state index >= 15 is 0 Å². The summed E-state index contributed by atoms with van der Waals surface area (Å²) >= 11 is 0. The summed E-state index contributed by atoms with van der Waals surface area (Å²) in [4.78, 5) is 0. The van der Waals surface area contributed by atoms with Crippen molar-refractivity contribution in [1.29, 1.82) is 0 Å². The van der Waals surface area contributed by atoms with E-state index in [1.54, 1.807) is 0 Å². The van der Waals surface area contributed by atoms with Gasteiger partial charge >= 0.3 is 0 Å². The van der Waals surface area contributed by atoms with E-state index in [0.29, 0.717) is 0 Å². The maximum absolute atomic E-state index is 9.25. The summed E-state index contributed by atoms with van der Waals surface area (Å²) in [6.45, 7) is -0.735. The van der Waals surface area contributed by atoms with Crippen LogP contribution in [-0.4, -0.2) is 62.8 Å². The summed E-state index contributed by atoms with van der Waals surface area (Å²) in [5.74, 6) is 0. The number of hydrogen-bond acceptors (Lipinski definition) is 6. The van der Waals surface area contributed by atoms with E-state index in [0.717, 1.165) is 0 Å². The van der Waals surface area contributed by atoms with Gasteiger partial charge in [0.05, 0.1) is 7.98 Å². The first-order chi connectivity index (χ1) is 5.91. The van der Waals surface area contributed by atoms with Gasteiger partial charge < -0.3 is 30.3 Å². The van der Waals surface area contributed by atoms with Crippen LogP contribution in [0, 0.1) is 0 Å². The monoisotopic (exact) mass is 181 g/mol. The van der Waals surface area contributed by atoms with Crippen molar-refractivity contribution in [3.63, 3.8) is 0 Å². The molecule has 1 fully saturated rings. The van der Waals surface area contributed by atoms with Crippen molar-refractivity contribution >= 4 is 0 Å². The molecule has 0 radical (unpaired) electrons. The molecule has 5 atom stereocenters. The highest BCUT2D eigenvalue weighted by Gasteiger charge is 2.42. The van der Waals surface area contributed by atoms with Gasteiger partial charge in [-0.15, -0.1) is 0 Å². The smallest absolute Gasteiger partial charge is 0.184 e. The zero-order valence-electron chi connectivity index (χ0n) is 7.16. The molecule has 0 aliphatic carbocycles. The quantitative estimate of drug-likeness (QED) is 0.291. The third-order valence-electron chi connectivity index (χ3n) is 1.72. The standard InChI is InChI=1S/C6H12O6/c7-1-2-3(8)4(9)5(10)6(11)12-2/h2-11H,1H2/t2-,3-,4+,5-,6?/m1/s1/i3D. The SMILES string of the molecule is [2H][C@]1(O)[C@H](O)[C@@H](O)C(O)O[C@@H]1CO. The van der Waals surface area contributed by atoms with Crippen LogP contribution in [0.5, 0.6) is 0 Å². The molecule has 0 bridgehead atoms. The molecule has 6 heteroatoms. The number of hydrogen-bond donors (Lipinski definition) is 5. The Morgan fingerprint density at radius 3 is 2.25 bits per heavy atom. The highest BCUT2D eigenvalue weighted by Crippen LogP contribution is 2.18. The molecule has 5 N–H and O–H groups in total. The summed E-state index contributed by atoms with van der Waals surface area (Å²) in [5.41, 5.74) is 0. The van der Waals surface area contributed by atoms with Gasteiger partial charge in [-0.2, -0.15) is 0 Å². The Morgan fingerprint density at radius 2 is 1.75 bits per heavy atom. The van der Waals surface area contributed by atoms with Crippen LogP contribution in [-0.2, 0) is 4.74 Å². The molecule has 72 valence electrons. The Kier molecular flexibility index (Phi) is 2.54. The van der Waals surface area contributed by atoms with Gasteiger partial charge in [-0.25, -0.2) is 0 Å². The molecule has 0 saturated carbocycles. The Bertz CT molecular complexity index is 182. The van der Waals surface area contributed by atoms with Crippen molar-refractivity contribution in [3.05, 3.63) is 0 Å². The highest BCUT2D eigenvalue weighted by molar-refractivity contribution is 4.87. The first-order valence-electron chi connectivity index (χ1n) is 3.94. The van der Waals surface area contributed by atoms with Gasteiger partial charge in [-0.3, -0.25) is 0 Å². The van der Waals surface area contributed by atoms with Crippen LogP contribution in [0.4, 0.5) is 0 Å². The number of ether oxygens (including phenoxy) is 1. The second-order valence-electron chi connectivity index (χ2n) is 2.56. The molecule has 1 aliphatic rings. The minimum Gasteiger partial charge on any atom is -0.394 e. The van der Waals surface area contributed by atoms with Gasteiger partial charge in [0.25, 0.3) is 0 Å². The second-order valence-corrected chi connectivity index (χ2v) is 2.56. The molecule has 0 amide bonds. The molecule has 6 nitrogen and oxygen atoms in total. The van der Waals surface area contributed by atoms with Crippen LogP contribution in [0.15, 0.2) is 0 Å². The minimum absolute atomic E-state index is 0.735. The summed E-state index contributed by atoms with van der Waals surface area (Å²) in [7, 11) is 0. The fourth-order valence-corrected chi connectivity index (χ4v) is 0.976. The van der Waals surface area contributed by atoms with Gasteiger partial charge in [0.1, 0.15) is 24.4 Å². The fraction of sp³-hybridized carbons (Fsp3) is 1.00. The maximum Gasteiger partial charge on any atom is 0.184 e. The van der Waals surface area contributed by atoms with E-state index in [4.69, 9.17) is 21.8 Å². The van der Waals surface area contributed by atoms with E-state index in [1.807, 2.05) is 0 Å². The van der Waals surface area contributed by atoms with Gasteiger partial charge in [-0.05, 0) is 0 Å². The lowest BCUT2D eigenvalue weighted by molar-refractivity contribution is -0.286. The van der Waals surface area contributed by atoms with Crippen molar-refractivity contribution in [2.75, 3.05) is 6.61 Å². The molecule has 0 aromatic rings. The van der Waals surface area contributed by atoms with Crippen molar-refractivity contribution in [2.24, 2.45) is 0 Å². The average molecular weight is 181 g/mol. The molecule has 1 aliphatic heterocycles. The molecule has 12 heavy (non-hydrogen) atoms. The number of aliphatic hydroxyl groups is 5. The summed E-state index contributed by atoms with van der Waals surface area (Å²) in [6, 6.07) is 0. The molecular formula is C6H12O6. The second kappa shape index (κ2) is 3.65. The number of aliphatic hydroxyl groups excluding tert-OH is 4. The van der Waals surface area contributed by atoms with Crippen molar-refractivity contribution in [2.45, 2.75) is 30.7 Å². The predicted molar refractivity (Wildman–Crippen MR) is 36.0 cm³/mol. The normalized spacial score (nSPS) is 56.6. The predicted octanol–water partition coefficient (Wildman–Crippen LogP) is -3.22. The molecule has 0 aromatic heterocycles. The summed E-state index contributed by atoms with van der Waals surface area (Å²) in [6.07, 6.45) is -9.31.